The van der Waals surface area contributed by atoms with Gasteiger partial charge in [-0.05, 0) is 35.2 Å². The molecule has 1 fully saturated rings. The van der Waals surface area contributed by atoms with Gasteiger partial charge in [0.25, 0.3) is 0 Å². The van der Waals surface area contributed by atoms with Crippen LogP contribution in [-0.2, 0) is 0 Å². The van der Waals surface area contributed by atoms with Gasteiger partial charge in [-0.1, -0.05) is 32.0 Å². The van der Waals surface area contributed by atoms with Gasteiger partial charge in [0.2, 0.25) is 0 Å². The zero-order valence-corrected chi connectivity index (χ0v) is 13.0. The van der Waals surface area contributed by atoms with Crippen LogP contribution in [-0.4, -0.2) is 25.1 Å². The van der Waals surface area contributed by atoms with E-state index < -0.39 is 0 Å². The Kier molecular flexibility index (Phi) is 3.93. The second-order valence-corrected chi connectivity index (χ2v) is 6.11. The van der Waals surface area contributed by atoms with Crippen molar-refractivity contribution in [2.75, 3.05) is 25.0 Å². The normalized spacial score (nSPS) is 15.0. The van der Waals surface area contributed by atoms with Crippen molar-refractivity contribution in [3.05, 3.63) is 53.7 Å². The molecule has 0 unspecified atom stereocenters. The number of nitrogens with one attached hydrogen (secondary N) is 1. The summed E-state index contributed by atoms with van der Waals surface area (Å²) in [4.78, 5) is 6.75. The first-order valence-corrected chi connectivity index (χ1v) is 7.65. The van der Waals surface area contributed by atoms with Crippen LogP contribution in [0.3, 0.4) is 0 Å². The summed E-state index contributed by atoms with van der Waals surface area (Å²) in [5, 5.41) is 3.30. The van der Waals surface area contributed by atoms with Crippen molar-refractivity contribution in [3.8, 4) is 0 Å². The fourth-order valence-electron chi connectivity index (χ4n) is 2.58. The molecule has 0 saturated carbocycles. The third-order valence-electron chi connectivity index (χ3n) is 4.31. The minimum absolute atomic E-state index is 0.567. The number of rotatable bonds is 4. The molecule has 0 radical (unpaired) electrons. The first-order chi connectivity index (χ1) is 10.1. The molecule has 1 aromatic heterocycles. The highest BCUT2D eigenvalue weighted by molar-refractivity contribution is 5.59. The maximum atomic E-state index is 4.61. The van der Waals surface area contributed by atoms with Crippen molar-refractivity contribution in [2.24, 2.45) is 0 Å². The van der Waals surface area contributed by atoms with Crippen molar-refractivity contribution in [1.29, 1.82) is 0 Å². The Hall–Kier alpha value is -1.87. The predicted molar refractivity (Wildman–Crippen MR) is 88.4 cm³/mol. The summed E-state index contributed by atoms with van der Waals surface area (Å²) in [6.07, 6.45) is 2.01. The zero-order chi connectivity index (χ0) is 14.8. The highest BCUT2D eigenvalue weighted by atomic mass is 15.2. The van der Waals surface area contributed by atoms with Gasteiger partial charge in [-0.2, -0.15) is 0 Å². The van der Waals surface area contributed by atoms with Gasteiger partial charge in [0.15, 0.2) is 0 Å². The molecule has 21 heavy (non-hydrogen) atoms. The Morgan fingerprint density at radius 3 is 2.29 bits per heavy atom. The number of benzene rings is 1. The Morgan fingerprint density at radius 1 is 1.10 bits per heavy atom. The van der Waals surface area contributed by atoms with Crippen LogP contribution in [0.2, 0.25) is 0 Å². The van der Waals surface area contributed by atoms with Gasteiger partial charge in [-0.3, -0.25) is 0 Å². The molecule has 0 aliphatic carbocycles. The summed E-state index contributed by atoms with van der Waals surface area (Å²) in [7, 11) is 2.07. The topological polar surface area (TPSA) is 28.2 Å². The van der Waals surface area contributed by atoms with E-state index in [1.807, 2.05) is 6.20 Å². The number of aromatic nitrogens is 1. The predicted octanol–water partition coefficient (Wildman–Crippen LogP) is 3.66. The number of hydrogen-bond donors (Lipinski definition) is 1. The van der Waals surface area contributed by atoms with E-state index in [1.54, 1.807) is 0 Å². The molecule has 1 aromatic carbocycles. The first kappa shape index (κ1) is 14.1. The Labute approximate surface area is 127 Å². The van der Waals surface area contributed by atoms with Crippen LogP contribution in [0, 0.1) is 0 Å². The first-order valence-electron chi connectivity index (χ1n) is 7.65. The number of nitrogens with zero attached hydrogens (tertiary/aromatic N) is 2. The molecule has 0 spiro atoms. The summed E-state index contributed by atoms with van der Waals surface area (Å²) in [6, 6.07) is 13.0. The van der Waals surface area contributed by atoms with Crippen LogP contribution in [0.1, 0.15) is 36.8 Å². The lowest BCUT2D eigenvalue weighted by atomic mass is 9.95. The summed E-state index contributed by atoms with van der Waals surface area (Å²) in [5.74, 6) is 2.20. The molecule has 3 heteroatoms. The second kappa shape index (κ2) is 5.86. The van der Waals surface area contributed by atoms with Crippen molar-refractivity contribution < 1.29 is 0 Å². The average molecular weight is 281 g/mol. The molecule has 2 heterocycles. The van der Waals surface area contributed by atoms with Crippen molar-refractivity contribution >= 4 is 11.5 Å². The lowest BCUT2D eigenvalue weighted by Crippen LogP contribution is -2.39. The third kappa shape index (κ3) is 2.93. The molecule has 1 aliphatic heterocycles. The Bertz CT molecular complexity index is 583. The molecule has 1 N–H and O–H groups in total. The van der Waals surface area contributed by atoms with Crippen LogP contribution in [0.4, 0.5) is 11.5 Å². The van der Waals surface area contributed by atoms with Gasteiger partial charge >= 0.3 is 0 Å². The van der Waals surface area contributed by atoms with E-state index in [2.05, 4.69) is 72.5 Å². The number of anilines is 2. The van der Waals surface area contributed by atoms with Gasteiger partial charge in [0.1, 0.15) is 5.82 Å². The fraction of sp³-hybridized carbons (Fsp3) is 0.389. The van der Waals surface area contributed by atoms with Crippen molar-refractivity contribution in [2.45, 2.75) is 25.7 Å². The van der Waals surface area contributed by atoms with E-state index in [1.165, 1.54) is 16.8 Å². The highest BCUT2D eigenvalue weighted by Gasteiger charge is 2.19. The molecule has 0 bridgehead atoms. The van der Waals surface area contributed by atoms with E-state index in [4.69, 9.17) is 0 Å². The quantitative estimate of drug-likeness (QED) is 0.927. The summed E-state index contributed by atoms with van der Waals surface area (Å²) >= 11 is 0. The minimum atomic E-state index is 0.567. The van der Waals surface area contributed by atoms with Gasteiger partial charge in [0, 0.05) is 37.9 Å². The smallest absolute Gasteiger partial charge is 0.132 e. The third-order valence-corrected chi connectivity index (χ3v) is 4.31. The molecule has 110 valence electrons. The zero-order valence-electron chi connectivity index (χ0n) is 13.0. The summed E-state index contributed by atoms with van der Waals surface area (Å²) < 4.78 is 0. The monoisotopic (exact) mass is 281 g/mol. The number of pyridine rings is 1. The Balaban J connectivity index is 1.75. The van der Waals surface area contributed by atoms with E-state index in [9.17, 15) is 0 Å². The maximum Gasteiger partial charge on any atom is 0.132 e. The lowest BCUT2D eigenvalue weighted by Gasteiger charge is -2.27. The molecule has 1 saturated heterocycles. The minimum Gasteiger partial charge on any atom is -0.329 e. The average Bonchev–Trinajstić information content (AvgIpc) is 2.46. The molecular weight excluding hydrogens is 258 g/mol. The highest BCUT2D eigenvalue weighted by Crippen LogP contribution is 2.26. The maximum absolute atomic E-state index is 4.61. The van der Waals surface area contributed by atoms with Crippen LogP contribution >= 0.6 is 0 Å². The van der Waals surface area contributed by atoms with Crippen molar-refractivity contribution in [3.63, 3.8) is 0 Å². The van der Waals surface area contributed by atoms with Crippen LogP contribution in [0.15, 0.2) is 42.6 Å². The lowest BCUT2D eigenvalue weighted by molar-refractivity contribution is 0.447. The fourth-order valence-corrected chi connectivity index (χ4v) is 2.58. The molecule has 2 aromatic rings. The van der Waals surface area contributed by atoms with Crippen LogP contribution in [0.5, 0.6) is 0 Å². The number of hydrogen-bond acceptors (Lipinski definition) is 3. The second-order valence-electron chi connectivity index (χ2n) is 6.11. The van der Waals surface area contributed by atoms with E-state index >= 15 is 0 Å². The molecule has 0 atom stereocenters. The molecule has 0 amide bonds. The van der Waals surface area contributed by atoms with Crippen LogP contribution in [0.25, 0.3) is 0 Å². The van der Waals surface area contributed by atoms with Gasteiger partial charge in [-0.15, -0.1) is 0 Å². The van der Waals surface area contributed by atoms with Gasteiger partial charge in [-0.25, -0.2) is 4.98 Å². The van der Waals surface area contributed by atoms with Crippen LogP contribution < -0.4 is 10.2 Å². The van der Waals surface area contributed by atoms with E-state index in [-0.39, 0.29) is 0 Å². The largest absolute Gasteiger partial charge is 0.329 e. The Morgan fingerprint density at radius 2 is 1.81 bits per heavy atom. The van der Waals surface area contributed by atoms with Gasteiger partial charge in [0.05, 0.1) is 0 Å². The molecule has 3 rings (SSSR count). The summed E-state index contributed by atoms with van der Waals surface area (Å²) in [5.41, 5.74) is 3.87. The standard InChI is InChI=1S/C18H23N3/c1-13(2)14-4-7-17(8-5-14)21(3)18-9-6-15(12-20-18)16-10-19-11-16/h4-9,12-13,16,19H,10-11H2,1-3H3. The van der Waals surface area contributed by atoms with Gasteiger partial charge < -0.3 is 10.2 Å². The molecular formula is C18H23N3. The molecule has 3 nitrogen and oxygen atoms in total. The summed E-state index contributed by atoms with van der Waals surface area (Å²) in [6.45, 7) is 6.59. The molecule has 1 aliphatic rings. The SMILES string of the molecule is CC(C)c1ccc(N(C)c2ccc(C3CNC3)cn2)cc1. The van der Waals surface area contributed by atoms with E-state index in [0.29, 0.717) is 11.8 Å². The van der Waals surface area contributed by atoms with Crippen molar-refractivity contribution in [1.82, 2.24) is 10.3 Å². The van der Waals surface area contributed by atoms with E-state index in [0.717, 1.165) is 18.9 Å².